The molecule has 2 atom stereocenters. The fourth-order valence-electron chi connectivity index (χ4n) is 4.05. The van der Waals surface area contributed by atoms with Crippen molar-refractivity contribution in [3.8, 4) is 0 Å². The number of carbonyl (C=O) groups excluding carboxylic acids is 2. The number of benzene rings is 1. The molecule has 0 heterocycles. The third kappa shape index (κ3) is 2.51. The molecule has 2 bridgehead atoms. The predicted molar refractivity (Wildman–Crippen MR) is 92.4 cm³/mol. The van der Waals surface area contributed by atoms with E-state index in [0.29, 0.717) is 11.5 Å². The maximum atomic E-state index is 12.7. The first kappa shape index (κ1) is 16.2. The van der Waals surface area contributed by atoms with Crippen LogP contribution in [0.3, 0.4) is 0 Å². The molecule has 2 saturated carbocycles. The summed E-state index contributed by atoms with van der Waals surface area (Å²) in [5, 5.41) is 0. The number of amides is 2. The molecule has 1 aromatic carbocycles. The van der Waals surface area contributed by atoms with Gasteiger partial charge in [-0.1, -0.05) is 41.9 Å². The van der Waals surface area contributed by atoms with Gasteiger partial charge in [0, 0.05) is 10.0 Å². The van der Waals surface area contributed by atoms with Gasteiger partial charge in [0.15, 0.2) is 0 Å². The molecule has 2 N–H and O–H groups in total. The van der Waals surface area contributed by atoms with Gasteiger partial charge in [-0.25, -0.2) is 0 Å². The van der Waals surface area contributed by atoms with Crippen LogP contribution in [0.5, 0.6) is 0 Å². The van der Waals surface area contributed by atoms with Crippen LogP contribution in [-0.2, 0) is 4.79 Å². The monoisotopic (exact) mass is 376 g/mol. The lowest BCUT2D eigenvalue weighted by Gasteiger charge is -2.37. The first-order valence-electron chi connectivity index (χ1n) is 7.83. The minimum atomic E-state index is -0.527. The highest BCUT2D eigenvalue weighted by Crippen LogP contribution is 2.65. The summed E-state index contributed by atoms with van der Waals surface area (Å²) >= 11 is 3.33. The minimum absolute atomic E-state index is 0.00863. The number of nitrogens with one attached hydrogen (secondary N) is 2. The Kier molecular flexibility index (Phi) is 3.87. The standard InChI is InChI=1S/C18H21BrN2O2/c1-11-17(2,3)13-8-9-18(11,10-13)16(23)21-20-15(22)12-4-6-14(19)7-5-12/h4-7,13H,1,8-10H2,2-3H3,(H,20,22)(H,21,23). The van der Waals surface area contributed by atoms with Crippen molar-refractivity contribution in [3.63, 3.8) is 0 Å². The summed E-state index contributed by atoms with van der Waals surface area (Å²) in [5.41, 5.74) is 6.10. The van der Waals surface area contributed by atoms with E-state index in [2.05, 4.69) is 47.2 Å². The number of hydrazine groups is 1. The number of carbonyl (C=O) groups is 2. The molecule has 0 saturated heterocycles. The van der Waals surface area contributed by atoms with E-state index in [0.717, 1.165) is 29.3 Å². The Morgan fingerprint density at radius 3 is 2.43 bits per heavy atom. The summed E-state index contributed by atoms with van der Waals surface area (Å²) in [6, 6.07) is 6.98. The molecule has 4 nitrogen and oxygen atoms in total. The fourth-order valence-corrected chi connectivity index (χ4v) is 4.31. The average Bonchev–Trinajstić information content (AvgIpc) is 3.05. The van der Waals surface area contributed by atoms with E-state index in [-0.39, 0.29) is 17.2 Å². The molecule has 0 radical (unpaired) electrons. The third-order valence-electron chi connectivity index (χ3n) is 5.72. The molecule has 1 aromatic rings. The third-order valence-corrected chi connectivity index (χ3v) is 6.25. The molecule has 0 aliphatic heterocycles. The molecule has 2 unspecified atom stereocenters. The van der Waals surface area contributed by atoms with Crippen LogP contribution < -0.4 is 10.9 Å². The van der Waals surface area contributed by atoms with Gasteiger partial charge in [-0.2, -0.15) is 0 Å². The van der Waals surface area contributed by atoms with E-state index < -0.39 is 5.41 Å². The Morgan fingerprint density at radius 1 is 1.22 bits per heavy atom. The van der Waals surface area contributed by atoms with Crippen LogP contribution in [0.1, 0.15) is 43.5 Å². The number of rotatable bonds is 2. The molecule has 0 aromatic heterocycles. The summed E-state index contributed by atoms with van der Waals surface area (Å²) in [7, 11) is 0. The SMILES string of the molecule is C=C1C2(C(=O)NNC(=O)c3ccc(Br)cc3)CCC(C2)C1(C)C. The smallest absolute Gasteiger partial charge is 0.269 e. The Bertz CT molecular complexity index is 681. The van der Waals surface area contributed by atoms with Gasteiger partial charge in [0.2, 0.25) is 5.91 Å². The Hall–Kier alpha value is -1.62. The first-order valence-corrected chi connectivity index (χ1v) is 8.63. The molecule has 5 heteroatoms. The maximum absolute atomic E-state index is 12.7. The second-order valence-electron chi connectivity index (χ2n) is 7.14. The van der Waals surface area contributed by atoms with Crippen LogP contribution >= 0.6 is 15.9 Å². The number of halogens is 1. The molecule has 0 spiro atoms. The maximum Gasteiger partial charge on any atom is 0.269 e. The van der Waals surface area contributed by atoms with Gasteiger partial charge in [-0.15, -0.1) is 0 Å². The fraction of sp³-hybridized carbons (Fsp3) is 0.444. The van der Waals surface area contributed by atoms with E-state index in [1.54, 1.807) is 24.3 Å². The molecular formula is C18H21BrN2O2. The largest absolute Gasteiger partial charge is 0.272 e. The van der Waals surface area contributed by atoms with E-state index in [9.17, 15) is 9.59 Å². The van der Waals surface area contributed by atoms with Crippen molar-refractivity contribution >= 4 is 27.7 Å². The second kappa shape index (κ2) is 5.48. The highest BCUT2D eigenvalue weighted by atomic mass is 79.9. The molecule has 2 aliphatic rings. The van der Waals surface area contributed by atoms with Crippen molar-refractivity contribution in [2.24, 2.45) is 16.7 Å². The van der Waals surface area contributed by atoms with E-state index >= 15 is 0 Å². The lowest BCUT2D eigenvalue weighted by Crippen LogP contribution is -2.49. The zero-order valence-corrected chi connectivity index (χ0v) is 15.0. The zero-order chi connectivity index (χ0) is 16.8. The Morgan fingerprint density at radius 2 is 1.87 bits per heavy atom. The first-order chi connectivity index (χ1) is 10.8. The lowest BCUT2D eigenvalue weighted by atomic mass is 9.68. The molecule has 23 heavy (non-hydrogen) atoms. The summed E-state index contributed by atoms with van der Waals surface area (Å²) in [5.74, 6) is 0.0450. The van der Waals surface area contributed by atoms with Crippen LogP contribution in [-0.4, -0.2) is 11.8 Å². The molecular weight excluding hydrogens is 356 g/mol. The average molecular weight is 377 g/mol. The van der Waals surface area contributed by atoms with Crippen LogP contribution in [0.15, 0.2) is 40.9 Å². The number of hydrogen-bond donors (Lipinski definition) is 2. The molecule has 122 valence electrons. The highest BCUT2D eigenvalue weighted by Gasteiger charge is 2.60. The Labute approximate surface area is 144 Å². The number of fused-ring (bicyclic) bond motifs is 2. The van der Waals surface area contributed by atoms with Crippen molar-refractivity contribution in [2.45, 2.75) is 33.1 Å². The zero-order valence-electron chi connectivity index (χ0n) is 13.4. The van der Waals surface area contributed by atoms with E-state index in [1.807, 2.05) is 0 Å². The topological polar surface area (TPSA) is 58.2 Å². The quantitative estimate of drug-likeness (QED) is 0.611. The van der Waals surface area contributed by atoms with Crippen molar-refractivity contribution in [3.05, 3.63) is 46.5 Å². The van der Waals surface area contributed by atoms with Crippen LogP contribution in [0.4, 0.5) is 0 Å². The summed E-state index contributed by atoms with van der Waals surface area (Å²) in [6.45, 7) is 8.52. The van der Waals surface area contributed by atoms with Gasteiger partial charge in [0.25, 0.3) is 5.91 Å². The molecule has 3 rings (SSSR count). The van der Waals surface area contributed by atoms with Crippen molar-refractivity contribution in [1.29, 1.82) is 0 Å². The summed E-state index contributed by atoms with van der Waals surface area (Å²) in [6.07, 6.45) is 2.69. The van der Waals surface area contributed by atoms with Gasteiger partial charge >= 0.3 is 0 Å². The van der Waals surface area contributed by atoms with E-state index in [4.69, 9.17) is 0 Å². The molecule has 2 amide bonds. The molecule has 2 aliphatic carbocycles. The second-order valence-corrected chi connectivity index (χ2v) is 8.05. The molecule has 2 fully saturated rings. The minimum Gasteiger partial charge on any atom is -0.272 e. The van der Waals surface area contributed by atoms with Crippen LogP contribution in [0.2, 0.25) is 0 Å². The van der Waals surface area contributed by atoms with Crippen LogP contribution in [0, 0.1) is 16.7 Å². The van der Waals surface area contributed by atoms with Crippen molar-refractivity contribution in [2.75, 3.05) is 0 Å². The van der Waals surface area contributed by atoms with Gasteiger partial charge in [-0.05, 0) is 54.9 Å². The normalized spacial score (nSPS) is 27.8. The summed E-state index contributed by atoms with van der Waals surface area (Å²) < 4.78 is 0.901. The van der Waals surface area contributed by atoms with Gasteiger partial charge < -0.3 is 0 Å². The van der Waals surface area contributed by atoms with Crippen molar-refractivity contribution in [1.82, 2.24) is 10.9 Å². The van der Waals surface area contributed by atoms with Crippen LogP contribution in [0.25, 0.3) is 0 Å². The van der Waals surface area contributed by atoms with E-state index in [1.165, 1.54) is 0 Å². The highest BCUT2D eigenvalue weighted by molar-refractivity contribution is 9.10. The van der Waals surface area contributed by atoms with Gasteiger partial charge in [0.1, 0.15) is 0 Å². The van der Waals surface area contributed by atoms with Gasteiger partial charge in [0.05, 0.1) is 5.41 Å². The number of hydrogen-bond acceptors (Lipinski definition) is 2. The Balaban J connectivity index is 1.67. The predicted octanol–water partition coefficient (Wildman–Crippen LogP) is 3.59. The lowest BCUT2D eigenvalue weighted by molar-refractivity contribution is -0.129. The van der Waals surface area contributed by atoms with Gasteiger partial charge in [-0.3, -0.25) is 20.4 Å². The van der Waals surface area contributed by atoms with Crippen molar-refractivity contribution < 1.29 is 9.59 Å². The summed E-state index contributed by atoms with van der Waals surface area (Å²) in [4.78, 5) is 24.8.